The fourth-order valence-electron chi connectivity index (χ4n) is 0.782. The third kappa shape index (κ3) is 1.29. The first-order valence-electron chi connectivity index (χ1n) is 3.17. The van der Waals surface area contributed by atoms with Crippen LogP contribution in [-0.4, -0.2) is 9.97 Å². The maximum Gasteiger partial charge on any atom is 0.220 e. The van der Waals surface area contributed by atoms with Gasteiger partial charge in [0.15, 0.2) is 0 Å². The third-order valence-electron chi connectivity index (χ3n) is 1.38. The Balaban J connectivity index is 3.35. The summed E-state index contributed by atoms with van der Waals surface area (Å²) in [6.07, 6.45) is 1.56. The van der Waals surface area contributed by atoms with Gasteiger partial charge >= 0.3 is 0 Å². The van der Waals surface area contributed by atoms with Gasteiger partial charge in [-0.2, -0.15) is 0 Å². The van der Waals surface area contributed by atoms with Crippen molar-refractivity contribution in [2.24, 2.45) is 0 Å². The van der Waals surface area contributed by atoms with Crippen LogP contribution in [0, 0.1) is 6.92 Å². The highest BCUT2D eigenvalue weighted by Crippen LogP contribution is 2.14. The van der Waals surface area contributed by atoms with E-state index in [0.29, 0.717) is 17.1 Å². The van der Waals surface area contributed by atoms with Crippen molar-refractivity contribution in [3.63, 3.8) is 0 Å². The Morgan fingerprint density at radius 3 is 2.55 bits per heavy atom. The van der Waals surface area contributed by atoms with Gasteiger partial charge in [-0.05, 0) is 13.0 Å². The lowest BCUT2D eigenvalue weighted by molar-refractivity contribution is 1.11. The van der Waals surface area contributed by atoms with Crippen LogP contribution in [0.25, 0.3) is 6.08 Å². The van der Waals surface area contributed by atoms with Crippen molar-refractivity contribution in [1.29, 1.82) is 0 Å². The summed E-state index contributed by atoms with van der Waals surface area (Å²) in [4.78, 5) is 7.75. The molecular weight excluding hydrogens is 140 g/mol. The lowest BCUT2D eigenvalue weighted by Crippen LogP contribution is -2.03. The Bertz CT molecular complexity index is 293. The van der Waals surface area contributed by atoms with Crippen LogP contribution >= 0.6 is 0 Å². The molecule has 4 N–H and O–H groups in total. The van der Waals surface area contributed by atoms with Crippen LogP contribution in [0.3, 0.4) is 0 Å². The fraction of sp³-hybridized carbons (Fsp3) is 0.143. The molecule has 0 aliphatic carbocycles. The SMILES string of the molecule is C=Cc1nc(N)nc(C)c1N. The molecule has 1 aromatic rings. The van der Waals surface area contributed by atoms with Crippen LogP contribution in [0.2, 0.25) is 0 Å². The van der Waals surface area contributed by atoms with E-state index in [1.165, 1.54) is 0 Å². The van der Waals surface area contributed by atoms with Gasteiger partial charge < -0.3 is 11.5 Å². The van der Waals surface area contributed by atoms with E-state index >= 15 is 0 Å². The Hall–Kier alpha value is -1.58. The van der Waals surface area contributed by atoms with Crippen molar-refractivity contribution in [2.75, 3.05) is 11.5 Å². The van der Waals surface area contributed by atoms with Gasteiger partial charge in [0.2, 0.25) is 5.95 Å². The Morgan fingerprint density at radius 2 is 2.00 bits per heavy atom. The highest BCUT2D eigenvalue weighted by Gasteiger charge is 2.02. The molecule has 0 saturated carbocycles. The van der Waals surface area contributed by atoms with Gasteiger partial charge in [0.25, 0.3) is 0 Å². The molecular formula is C7H10N4. The van der Waals surface area contributed by atoms with E-state index in [1.54, 1.807) is 13.0 Å². The summed E-state index contributed by atoms with van der Waals surface area (Å²) in [5.41, 5.74) is 12.8. The molecule has 0 saturated heterocycles. The molecule has 1 rings (SSSR count). The monoisotopic (exact) mass is 150 g/mol. The number of rotatable bonds is 1. The van der Waals surface area contributed by atoms with Gasteiger partial charge in [0.05, 0.1) is 17.1 Å². The molecule has 0 atom stereocenters. The fourth-order valence-corrected chi connectivity index (χ4v) is 0.782. The van der Waals surface area contributed by atoms with E-state index in [9.17, 15) is 0 Å². The first-order chi connectivity index (χ1) is 5.15. The van der Waals surface area contributed by atoms with Crippen LogP contribution in [0.15, 0.2) is 6.58 Å². The lowest BCUT2D eigenvalue weighted by Gasteiger charge is -2.02. The zero-order valence-corrected chi connectivity index (χ0v) is 6.33. The van der Waals surface area contributed by atoms with Crippen LogP contribution in [0.1, 0.15) is 11.4 Å². The molecule has 1 aromatic heterocycles. The van der Waals surface area contributed by atoms with Crippen molar-refractivity contribution in [3.8, 4) is 0 Å². The smallest absolute Gasteiger partial charge is 0.220 e. The number of nitrogen functional groups attached to an aromatic ring is 2. The van der Waals surface area contributed by atoms with Crippen molar-refractivity contribution < 1.29 is 0 Å². The predicted molar refractivity (Wildman–Crippen MR) is 45.7 cm³/mol. The molecule has 0 aliphatic rings. The second kappa shape index (κ2) is 2.57. The van der Waals surface area contributed by atoms with E-state index in [-0.39, 0.29) is 5.95 Å². The molecule has 0 spiro atoms. The average Bonchev–Trinajstić information content (AvgIpc) is 1.96. The van der Waals surface area contributed by atoms with Crippen LogP contribution in [0.4, 0.5) is 11.6 Å². The molecule has 11 heavy (non-hydrogen) atoms. The molecule has 1 heterocycles. The molecule has 0 aromatic carbocycles. The van der Waals surface area contributed by atoms with Crippen molar-refractivity contribution >= 4 is 17.7 Å². The number of aryl methyl sites for hydroxylation is 1. The number of hydrogen-bond donors (Lipinski definition) is 2. The number of anilines is 2. The highest BCUT2D eigenvalue weighted by molar-refractivity contribution is 5.62. The van der Waals surface area contributed by atoms with Gasteiger partial charge in [-0.25, -0.2) is 9.97 Å². The van der Waals surface area contributed by atoms with Gasteiger partial charge in [-0.1, -0.05) is 6.58 Å². The van der Waals surface area contributed by atoms with Crippen LogP contribution in [-0.2, 0) is 0 Å². The molecule has 4 nitrogen and oxygen atoms in total. The molecule has 0 fully saturated rings. The summed E-state index contributed by atoms with van der Waals surface area (Å²) in [5.74, 6) is 0.228. The van der Waals surface area contributed by atoms with Crippen LogP contribution < -0.4 is 11.5 Å². The Labute approximate surface area is 65.0 Å². The number of nitrogens with two attached hydrogens (primary N) is 2. The van der Waals surface area contributed by atoms with Crippen molar-refractivity contribution in [1.82, 2.24) is 9.97 Å². The topological polar surface area (TPSA) is 77.8 Å². The van der Waals surface area contributed by atoms with Gasteiger partial charge in [-0.3, -0.25) is 0 Å². The molecule has 0 bridgehead atoms. The highest BCUT2D eigenvalue weighted by atomic mass is 15.0. The zero-order chi connectivity index (χ0) is 8.43. The van der Waals surface area contributed by atoms with Crippen molar-refractivity contribution in [2.45, 2.75) is 6.92 Å². The molecule has 4 heteroatoms. The van der Waals surface area contributed by atoms with E-state index in [1.807, 2.05) is 0 Å². The number of nitrogens with zero attached hydrogens (tertiary/aromatic N) is 2. The minimum absolute atomic E-state index is 0.228. The van der Waals surface area contributed by atoms with Crippen LogP contribution in [0.5, 0.6) is 0 Å². The molecule has 0 amide bonds. The quantitative estimate of drug-likeness (QED) is 0.614. The maximum atomic E-state index is 5.61. The summed E-state index contributed by atoms with van der Waals surface area (Å²) in [6.45, 7) is 5.33. The van der Waals surface area contributed by atoms with Gasteiger partial charge in [-0.15, -0.1) is 0 Å². The van der Waals surface area contributed by atoms with E-state index in [0.717, 1.165) is 0 Å². The van der Waals surface area contributed by atoms with E-state index in [4.69, 9.17) is 11.5 Å². The summed E-state index contributed by atoms with van der Waals surface area (Å²) in [5, 5.41) is 0. The average molecular weight is 150 g/mol. The first kappa shape index (κ1) is 7.53. The number of hydrogen-bond acceptors (Lipinski definition) is 4. The normalized spacial score (nSPS) is 9.55. The van der Waals surface area contributed by atoms with Gasteiger partial charge in [0.1, 0.15) is 0 Å². The predicted octanol–water partition coefficient (Wildman–Crippen LogP) is 0.592. The summed E-state index contributed by atoms with van der Waals surface area (Å²) < 4.78 is 0. The second-order valence-corrected chi connectivity index (χ2v) is 2.17. The molecule has 0 unspecified atom stereocenters. The molecule has 0 radical (unpaired) electrons. The maximum absolute atomic E-state index is 5.61. The third-order valence-corrected chi connectivity index (χ3v) is 1.38. The van der Waals surface area contributed by atoms with E-state index in [2.05, 4.69) is 16.5 Å². The van der Waals surface area contributed by atoms with Crippen molar-refractivity contribution in [3.05, 3.63) is 18.0 Å². The largest absolute Gasteiger partial charge is 0.396 e. The zero-order valence-electron chi connectivity index (χ0n) is 6.33. The molecule has 0 aliphatic heterocycles. The summed E-state index contributed by atoms with van der Waals surface area (Å²) in [7, 11) is 0. The lowest BCUT2D eigenvalue weighted by atomic mass is 10.3. The summed E-state index contributed by atoms with van der Waals surface area (Å²) in [6, 6.07) is 0. The minimum atomic E-state index is 0.228. The Morgan fingerprint density at radius 1 is 1.36 bits per heavy atom. The minimum Gasteiger partial charge on any atom is -0.396 e. The van der Waals surface area contributed by atoms with Gasteiger partial charge in [0, 0.05) is 0 Å². The standard InChI is InChI=1S/C7H10N4/c1-3-5-6(8)4(2)10-7(9)11-5/h3H,1,8H2,2H3,(H2,9,10,11). The molecule has 58 valence electrons. The second-order valence-electron chi connectivity index (χ2n) is 2.17. The first-order valence-corrected chi connectivity index (χ1v) is 3.17. The van der Waals surface area contributed by atoms with E-state index < -0.39 is 0 Å². The number of aromatic nitrogens is 2. The Kier molecular flexibility index (Phi) is 1.76. The summed E-state index contributed by atoms with van der Waals surface area (Å²) >= 11 is 0.